The highest BCUT2D eigenvalue weighted by Crippen LogP contribution is 2.31. The molecule has 3 rings (SSSR count). The summed E-state index contributed by atoms with van der Waals surface area (Å²) in [5, 5.41) is 16.5. The number of hydrogen-bond acceptors (Lipinski definition) is 5. The molecular formula is C20H18ClFN4O5. The lowest BCUT2D eigenvalue weighted by atomic mass is 10.1. The maximum atomic E-state index is 13.6. The van der Waals surface area contributed by atoms with Crippen LogP contribution < -0.4 is 15.5 Å². The van der Waals surface area contributed by atoms with Crippen molar-refractivity contribution in [2.24, 2.45) is 5.92 Å². The third kappa shape index (κ3) is 4.97. The highest BCUT2D eigenvalue weighted by atomic mass is 35.5. The molecule has 1 saturated heterocycles. The summed E-state index contributed by atoms with van der Waals surface area (Å²) >= 11 is 6.13. The standard InChI is InChI=1S/C20H18ClFN4O5/c1-2-18(27)23-12-3-5-14(21)16(8-12)24-20(29)11-7-19(28)25(10-11)13-4-6-15(22)17(9-13)26(30)31/h3-6,8-9,11H,2,7,10H2,1H3,(H,23,27)(H,24,29). The predicted molar refractivity (Wildman–Crippen MR) is 113 cm³/mol. The number of nitrogens with one attached hydrogen (secondary N) is 2. The Kier molecular flexibility index (Phi) is 6.50. The van der Waals surface area contributed by atoms with Gasteiger partial charge in [-0.1, -0.05) is 18.5 Å². The van der Waals surface area contributed by atoms with E-state index in [1.54, 1.807) is 13.0 Å². The second-order valence-corrected chi connectivity index (χ2v) is 7.29. The van der Waals surface area contributed by atoms with E-state index in [0.29, 0.717) is 5.69 Å². The van der Waals surface area contributed by atoms with Crippen LogP contribution in [0.15, 0.2) is 36.4 Å². The van der Waals surface area contributed by atoms with E-state index in [-0.39, 0.29) is 41.7 Å². The number of hydrogen-bond donors (Lipinski definition) is 2. The Balaban J connectivity index is 1.74. The van der Waals surface area contributed by atoms with Gasteiger partial charge in [-0.2, -0.15) is 4.39 Å². The molecule has 1 aliphatic heterocycles. The fourth-order valence-corrected chi connectivity index (χ4v) is 3.29. The van der Waals surface area contributed by atoms with Crippen molar-refractivity contribution in [1.29, 1.82) is 0 Å². The maximum Gasteiger partial charge on any atom is 0.306 e. The number of nitrogens with zero attached hydrogens (tertiary/aromatic N) is 2. The van der Waals surface area contributed by atoms with E-state index in [1.807, 2.05) is 0 Å². The Bertz CT molecular complexity index is 1080. The van der Waals surface area contributed by atoms with Gasteiger partial charge in [0.1, 0.15) is 0 Å². The van der Waals surface area contributed by atoms with Gasteiger partial charge in [0.25, 0.3) is 0 Å². The number of amides is 3. The Morgan fingerprint density at radius 2 is 2.00 bits per heavy atom. The van der Waals surface area contributed by atoms with E-state index in [0.717, 1.165) is 12.1 Å². The molecule has 2 aromatic carbocycles. The van der Waals surface area contributed by atoms with E-state index in [1.165, 1.54) is 23.1 Å². The molecule has 162 valence electrons. The fraction of sp³-hybridized carbons (Fsp3) is 0.250. The molecule has 0 spiro atoms. The van der Waals surface area contributed by atoms with Crippen LogP contribution in [0.4, 0.5) is 27.1 Å². The van der Waals surface area contributed by atoms with Gasteiger partial charge in [-0.3, -0.25) is 24.5 Å². The molecule has 2 aromatic rings. The molecule has 2 N–H and O–H groups in total. The van der Waals surface area contributed by atoms with Crippen molar-refractivity contribution < 1.29 is 23.7 Å². The summed E-state index contributed by atoms with van der Waals surface area (Å²) < 4.78 is 13.6. The zero-order chi connectivity index (χ0) is 22.7. The van der Waals surface area contributed by atoms with E-state index >= 15 is 0 Å². The number of nitro benzene ring substituents is 1. The van der Waals surface area contributed by atoms with Gasteiger partial charge in [-0.15, -0.1) is 0 Å². The van der Waals surface area contributed by atoms with Crippen molar-refractivity contribution in [2.45, 2.75) is 19.8 Å². The molecule has 1 unspecified atom stereocenters. The second-order valence-electron chi connectivity index (χ2n) is 6.88. The quantitative estimate of drug-likeness (QED) is 0.515. The monoisotopic (exact) mass is 448 g/mol. The molecule has 1 atom stereocenters. The lowest BCUT2D eigenvalue weighted by Gasteiger charge is -2.17. The molecule has 3 amide bonds. The van der Waals surface area contributed by atoms with Crippen LogP contribution in [0.1, 0.15) is 19.8 Å². The number of nitro groups is 1. The largest absolute Gasteiger partial charge is 0.326 e. The Morgan fingerprint density at radius 3 is 2.68 bits per heavy atom. The van der Waals surface area contributed by atoms with Crippen LogP contribution in [0, 0.1) is 21.8 Å². The lowest BCUT2D eigenvalue weighted by Crippen LogP contribution is -2.28. The first kappa shape index (κ1) is 22.2. The summed E-state index contributed by atoms with van der Waals surface area (Å²) in [6, 6.07) is 7.73. The van der Waals surface area contributed by atoms with Gasteiger partial charge in [-0.25, -0.2) is 0 Å². The summed E-state index contributed by atoms with van der Waals surface area (Å²) in [5.74, 6) is -2.87. The van der Waals surface area contributed by atoms with Gasteiger partial charge >= 0.3 is 5.69 Å². The molecule has 0 bridgehead atoms. The minimum Gasteiger partial charge on any atom is -0.326 e. The first-order chi connectivity index (χ1) is 14.7. The molecule has 1 fully saturated rings. The molecule has 0 aromatic heterocycles. The first-order valence-corrected chi connectivity index (χ1v) is 9.72. The number of carbonyl (C=O) groups is 3. The van der Waals surface area contributed by atoms with Crippen molar-refractivity contribution in [2.75, 3.05) is 22.1 Å². The third-order valence-corrected chi connectivity index (χ3v) is 5.09. The summed E-state index contributed by atoms with van der Waals surface area (Å²) in [5.41, 5.74) is 0.102. The average Bonchev–Trinajstić information content (AvgIpc) is 3.12. The predicted octanol–water partition coefficient (Wildman–Crippen LogP) is 3.73. The molecule has 0 aliphatic carbocycles. The van der Waals surface area contributed by atoms with Crippen LogP contribution in [-0.4, -0.2) is 29.2 Å². The van der Waals surface area contributed by atoms with Crippen LogP contribution in [0.3, 0.4) is 0 Å². The van der Waals surface area contributed by atoms with Crippen molar-refractivity contribution >= 4 is 52.1 Å². The Hall–Kier alpha value is -3.53. The van der Waals surface area contributed by atoms with Gasteiger partial charge in [0, 0.05) is 31.1 Å². The average molecular weight is 449 g/mol. The second kappa shape index (κ2) is 9.09. The molecule has 0 radical (unpaired) electrons. The van der Waals surface area contributed by atoms with Crippen LogP contribution >= 0.6 is 11.6 Å². The molecule has 31 heavy (non-hydrogen) atoms. The lowest BCUT2D eigenvalue weighted by molar-refractivity contribution is -0.387. The van der Waals surface area contributed by atoms with Crippen LogP contribution in [0.5, 0.6) is 0 Å². The third-order valence-electron chi connectivity index (χ3n) is 4.76. The minimum absolute atomic E-state index is 0.0304. The van der Waals surface area contributed by atoms with Crippen molar-refractivity contribution in [1.82, 2.24) is 0 Å². The van der Waals surface area contributed by atoms with E-state index in [9.17, 15) is 28.9 Å². The molecule has 0 saturated carbocycles. The van der Waals surface area contributed by atoms with Crippen molar-refractivity contribution in [3.63, 3.8) is 0 Å². The zero-order valence-electron chi connectivity index (χ0n) is 16.4. The molecular weight excluding hydrogens is 431 g/mol. The molecule has 9 nitrogen and oxygen atoms in total. The number of benzene rings is 2. The maximum absolute atomic E-state index is 13.6. The number of anilines is 3. The van der Waals surface area contributed by atoms with Gasteiger partial charge in [-0.05, 0) is 30.3 Å². The van der Waals surface area contributed by atoms with E-state index in [2.05, 4.69) is 10.6 Å². The fourth-order valence-electron chi connectivity index (χ4n) is 3.12. The van der Waals surface area contributed by atoms with Crippen molar-refractivity contribution in [3.05, 3.63) is 57.4 Å². The van der Waals surface area contributed by atoms with Gasteiger partial charge in [0.05, 0.1) is 27.2 Å². The van der Waals surface area contributed by atoms with Gasteiger partial charge < -0.3 is 15.5 Å². The summed E-state index contributed by atoms with van der Waals surface area (Å²) in [7, 11) is 0. The number of rotatable bonds is 6. The number of halogens is 2. The van der Waals surface area contributed by atoms with Crippen LogP contribution in [0.25, 0.3) is 0 Å². The summed E-state index contributed by atoms with van der Waals surface area (Å²) in [4.78, 5) is 47.9. The summed E-state index contributed by atoms with van der Waals surface area (Å²) in [6.45, 7) is 1.67. The highest BCUT2D eigenvalue weighted by Gasteiger charge is 2.36. The highest BCUT2D eigenvalue weighted by molar-refractivity contribution is 6.34. The molecule has 1 aliphatic rings. The topological polar surface area (TPSA) is 122 Å². The Morgan fingerprint density at radius 1 is 1.26 bits per heavy atom. The van der Waals surface area contributed by atoms with Gasteiger partial charge in [0.15, 0.2) is 0 Å². The van der Waals surface area contributed by atoms with Gasteiger partial charge in [0.2, 0.25) is 23.5 Å². The van der Waals surface area contributed by atoms with E-state index < -0.39 is 34.2 Å². The van der Waals surface area contributed by atoms with Crippen LogP contribution in [-0.2, 0) is 14.4 Å². The molecule has 1 heterocycles. The Labute approximate surface area is 181 Å². The molecule has 11 heteroatoms. The first-order valence-electron chi connectivity index (χ1n) is 9.34. The van der Waals surface area contributed by atoms with E-state index in [4.69, 9.17) is 11.6 Å². The van der Waals surface area contributed by atoms with Crippen LogP contribution in [0.2, 0.25) is 5.02 Å². The minimum atomic E-state index is -1.01. The normalized spacial score (nSPS) is 15.6. The number of carbonyl (C=O) groups excluding carboxylic acids is 3. The SMILES string of the molecule is CCC(=O)Nc1ccc(Cl)c(NC(=O)C2CC(=O)N(c3ccc(F)c([N+](=O)[O-])c3)C2)c1. The smallest absolute Gasteiger partial charge is 0.306 e. The summed E-state index contributed by atoms with van der Waals surface area (Å²) in [6.07, 6.45) is 0.159. The van der Waals surface area contributed by atoms with Crippen molar-refractivity contribution in [3.8, 4) is 0 Å². The zero-order valence-corrected chi connectivity index (χ0v) is 17.1.